The lowest BCUT2D eigenvalue weighted by molar-refractivity contribution is 0.415. The van der Waals surface area contributed by atoms with Crippen LogP contribution in [0.25, 0.3) is 11.1 Å². The summed E-state index contributed by atoms with van der Waals surface area (Å²) in [4.78, 5) is 4.46. The summed E-state index contributed by atoms with van der Waals surface area (Å²) < 4.78 is 5.27. The summed E-state index contributed by atoms with van der Waals surface area (Å²) in [6, 6.07) is 16.5. The zero-order chi connectivity index (χ0) is 13.1. The quantitative estimate of drug-likeness (QED) is 0.911. The van der Waals surface area contributed by atoms with Crippen molar-refractivity contribution < 1.29 is 4.74 Å². The van der Waals surface area contributed by atoms with E-state index < -0.39 is 0 Å². The molecule has 0 bridgehead atoms. The molecule has 1 aliphatic rings. The van der Waals surface area contributed by atoms with Gasteiger partial charge in [0.05, 0.1) is 13.7 Å². The normalized spacial score (nSPS) is 13.8. The van der Waals surface area contributed by atoms with E-state index in [0.29, 0.717) is 0 Å². The molecule has 1 heterocycles. The van der Waals surface area contributed by atoms with Gasteiger partial charge in [-0.25, -0.2) is 0 Å². The van der Waals surface area contributed by atoms with Crippen LogP contribution in [0, 0.1) is 0 Å². The molecule has 19 heavy (non-hydrogen) atoms. The number of rotatable bonds is 3. The summed E-state index contributed by atoms with van der Waals surface area (Å²) in [5.41, 5.74) is 3.46. The molecule has 96 valence electrons. The molecule has 2 aromatic rings. The first-order chi connectivity index (χ1) is 9.36. The molecular formula is C16H16N2O. The maximum Gasteiger partial charge on any atom is 0.128 e. The first-order valence-electron chi connectivity index (χ1n) is 6.40. The van der Waals surface area contributed by atoms with Crippen LogP contribution < -0.4 is 10.1 Å². The van der Waals surface area contributed by atoms with Crippen molar-refractivity contribution in [3.8, 4) is 16.9 Å². The second kappa shape index (κ2) is 5.14. The topological polar surface area (TPSA) is 33.6 Å². The Morgan fingerprint density at radius 2 is 1.74 bits per heavy atom. The highest BCUT2D eigenvalue weighted by Crippen LogP contribution is 2.24. The zero-order valence-corrected chi connectivity index (χ0v) is 10.9. The second-order valence-electron chi connectivity index (χ2n) is 4.47. The van der Waals surface area contributed by atoms with Crippen LogP contribution >= 0.6 is 0 Å². The van der Waals surface area contributed by atoms with Gasteiger partial charge in [-0.3, -0.25) is 4.99 Å². The lowest BCUT2D eigenvalue weighted by Crippen LogP contribution is -2.19. The van der Waals surface area contributed by atoms with Gasteiger partial charge in [-0.05, 0) is 29.3 Å². The minimum Gasteiger partial charge on any atom is -0.497 e. The fourth-order valence-corrected chi connectivity index (χ4v) is 2.24. The molecule has 0 atom stereocenters. The molecule has 0 aliphatic carbocycles. The molecule has 0 spiro atoms. The Bertz CT molecular complexity index is 620. The fraction of sp³-hybridized carbons (Fsp3) is 0.188. The number of hydrogen-bond donors (Lipinski definition) is 1. The van der Waals surface area contributed by atoms with E-state index in [9.17, 15) is 0 Å². The number of amidine groups is 1. The molecule has 3 rings (SSSR count). The van der Waals surface area contributed by atoms with E-state index in [1.165, 1.54) is 5.56 Å². The fourth-order valence-electron chi connectivity index (χ4n) is 2.24. The largest absolute Gasteiger partial charge is 0.497 e. The Balaban J connectivity index is 1.98. The van der Waals surface area contributed by atoms with Crippen LogP contribution in [0.2, 0.25) is 0 Å². The Kier molecular flexibility index (Phi) is 3.19. The van der Waals surface area contributed by atoms with E-state index in [1.807, 2.05) is 18.2 Å². The van der Waals surface area contributed by atoms with Gasteiger partial charge in [0.25, 0.3) is 0 Å². The third kappa shape index (κ3) is 2.45. The van der Waals surface area contributed by atoms with Crippen molar-refractivity contribution in [2.75, 3.05) is 20.2 Å². The molecule has 0 radical (unpaired) electrons. The number of ether oxygens (including phenoxy) is 1. The van der Waals surface area contributed by atoms with Gasteiger partial charge in [-0.15, -0.1) is 0 Å². The maximum absolute atomic E-state index is 5.27. The summed E-state index contributed by atoms with van der Waals surface area (Å²) in [5.74, 6) is 1.86. The predicted molar refractivity (Wildman–Crippen MR) is 77.8 cm³/mol. The molecule has 3 nitrogen and oxygen atoms in total. The van der Waals surface area contributed by atoms with Gasteiger partial charge in [0.1, 0.15) is 11.6 Å². The van der Waals surface area contributed by atoms with Crippen molar-refractivity contribution in [3.05, 3.63) is 54.1 Å². The smallest absolute Gasteiger partial charge is 0.128 e. The molecule has 0 saturated carbocycles. The van der Waals surface area contributed by atoms with Crippen LogP contribution in [0.15, 0.2) is 53.5 Å². The van der Waals surface area contributed by atoms with Crippen LogP contribution in [0.4, 0.5) is 0 Å². The lowest BCUT2D eigenvalue weighted by atomic mass is 10.0. The van der Waals surface area contributed by atoms with Crippen molar-refractivity contribution in [1.29, 1.82) is 0 Å². The average molecular weight is 252 g/mol. The molecule has 0 amide bonds. The summed E-state index contributed by atoms with van der Waals surface area (Å²) in [6.07, 6.45) is 0. The number of methoxy groups -OCH3 is 1. The summed E-state index contributed by atoms with van der Waals surface area (Å²) in [5, 5.41) is 3.30. The number of nitrogens with zero attached hydrogens (tertiary/aromatic N) is 1. The van der Waals surface area contributed by atoms with Gasteiger partial charge in [0.2, 0.25) is 0 Å². The standard InChI is InChI=1S/C16H16N2O/c1-19-15-7-3-5-13(11-15)12-4-2-6-14(10-12)16-17-8-9-18-16/h2-7,10-11H,8-9H2,1H3,(H,17,18). The summed E-state index contributed by atoms with van der Waals surface area (Å²) >= 11 is 0. The van der Waals surface area contributed by atoms with Crippen LogP contribution in [-0.4, -0.2) is 26.0 Å². The first-order valence-corrected chi connectivity index (χ1v) is 6.40. The molecule has 1 N–H and O–H groups in total. The third-order valence-electron chi connectivity index (χ3n) is 3.21. The van der Waals surface area contributed by atoms with Crippen molar-refractivity contribution >= 4 is 5.84 Å². The van der Waals surface area contributed by atoms with Crippen LogP contribution in [0.1, 0.15) is 5.56 Å². The van der Waals surface area contributed by atoms with E-state index in [-0.39, 0.29) is 0 Å². The molecular weight excluding hydrogens is 236 g/mol. The van der Waals surface area contributed by atoms with Gasteiger partial charge in [0, 0.05) is 12.1 Å². The molecule has 2 aromatic carbocycles. The van der Waals surface area contributed by atoms with E-state index in [0.717, 1.165) is 35.8 Å². The van der Waals surface area contributed by atoms with Gasteiger partial charge in [0.15, 0.2) is 0 Å². The monoisotopic (exact) mass is 252 g/mol. The highest BCUT2D eigenvalue weighted by Gasteiger charge is 2.09. The number of hydrogen-bond acceptors (Lipinski definition) is 3. The first kappa shape index (κ1) is 11.8. The molecule has 3 heteroatoms. The van der Waals surface area contributed by atoms with Crippen LogP contribution in [-0.2, 0) is 0 Å². The summed E-state index contributed by atoms with van der Waals surface area (Å²) in [6.45, 7) is 1.79. The van der Waals surface area contributed by atoms with Gasteiger partial charge >= 0.3 is 0 Å². The molecule has 1 aliphatic heterocycles. The van der Waals surface area contributed by atoms with E-state index in [4.69, 9.17) is 4.74 Å². The predicted octanol–water partition coefficient (Wildman–Crippen LogP) is 2.71. The Hall–Kier alpha value is -2.29. The van der Waals surface area contributed by atoms with Crippen molar-refractivity contribution in [2.45, 2.75) is 0 Å². The minimum atomic E-state index is 0.860. The van der Waals surface area contributed by atoms with Crippen molar-refractivity contribution in [1.82, 2.24) is 5.32 Å². The SMILES string of the molecule is COc1cccc(-c2cccc(C3=NCCN3)c2)c1. The van der Waals surface area contributed by atoms with Crippen LogP contribution in [0.5, 0.6) is 5.75 Å². The Labute approximate surface area is 113 Å². The van der Waals surface area contributed by atoms with E-state index >= 15 is 0 Å². The minimum absolute atomic E-state index is 0.860. The molecule has 0 aromatic heterocycles. The Morgan fingerprint density at radius 1 is 1.00 bits per heavy atom. The van der Waals surface area contributed by atoms with E-state index in [2.05, 4.69) is 40.6 Å². The third-order valence-corrected chi connectivity index (χ3v) is 3.21. The van der Waals surface area contributed by atoms with E-state index in [1.54, 1.807) is 7.11 Å². The maximum atomic E-state index is 5.27. The number of aliphatic imine (C=N–C) groups is 1. The highest BCUT2D eigenvalue weighted by atomic mass is 16.5. The second-order valence-corrected chi connectivity index (χ2v) is 4.47. The van der Waals surface area contributed by atoms with Crippen molar-refractivity contribution in [2.24, 2.45) is 4.99 Å². The Morgan fingerprint density at radius 3 is 2.47 bits per heavy atom. The average Bonchev–Trinajstić information content (AvgIpc) is 3.02. The summed E-state index contributed by atoms with van der Waals surface area (Å²) in [7, 11) is 1.69. The number of benzene rings is 2. The molecule has 0 fully saturated rings. The molecule has 0 saturated heterocycles. The van der Waals surface area contributed by atoms with Gasteiger partial charge < -0.3 is 10.1 Å². The van der Waals surface area contributed by atoms with Crippen LogP contribution in [0.3, 0.4) is 0 Å². The lowest BCUT2D eigenvalue weighted by Gasteiger charge is -2.07. The van der Waals surface area contributed by atoms with Crippen molar-refractivity contribution in [3.63, 3.8) is 0 Å². The zero-order valence-electron chi connectivity index (χ0n) is 10.9. The number of nitrogens with one attached hydrogen (secondary N) is 1. The van der Waals surface area contributed by atoms with Gasteiger partial charge in [-0.1, -0.05) is 30.3 Å². The highest BCUT2D eigenvalue weighted by molar-refractivity contribution is 6.00. The van der Waals surface area contributed by atoms with Gasteiger partial charge in [-0.2, -0.15) is 0 Å². The molecule has 0 unspecified atom stereocenters.